The van der Waals surface area contributed by atoms with Gasteiger partial charge in [0.1, 0.15) is 18.2 Å². The van der Waals surface area contributed by atoms with E-state index in [-0.39, 0.29) is 29.8 Å². The summed E-state index contributed by atoms with van der Waals surface area (Å²) in [6, 6.07) is 14.9. The average Bonchev–Trinajstić information content (AvgIpc) is 3.43. The Bertz CT molecular complexity index is 717. The van der Waals surface area contributed by atoms with Gasteiger partial charge in [-0.3, -0.25) is 0 Å². The second kappa shape index (κ2) is 10.4. The zero-order valence-electron chi connectivity index (χ0n) is 14.9. The van der Waals surface area contributed by atoms with Gasteiger partial charge in [0.2, 0.25) is 0 Å². The van der Waals surface area contributed by atoms with Crippen molar-refractivity contribution in [3.8, 4) is 5.75 Å². The van der Waals surface area contributed by atoms with Gasteiger partial charge in [-0.15, -0.1) is 24.0 Å². The van der Waals surface area contributed by atoms with Gasteiger partial charge in [0.15, 0.2) is 5.96 Å². The van der Waals surface area contributed by atoms with Gasteiger partial charge in [0.25, 0.3) is 0 Å². The van der Waals surface area contributed by atoms with E-state index in [1.807, 2.05) is 30.3 Å². The van der Waals surface area contributed by atoms with Gasteiger partial charge >= 0.3 is 0 Å². The average molecular weight is 469 g/mol. The largest absolute Gasteiger partial charge is 0.489 e. The number of hydrogen-bond acceptors (Lipinski definition) is 2. The zero-order valence-corrected chi connectivity index (χ0v) is 17.2. The van der Waals surface area contributed by atoms with Crippen molar-refractivity contribution >= 4 is 29.9 Å². The molecule has 0 aromatic heterocycles. The van der Waals surface area contributed by atoms with Crippen molar-refractivity contribution in [1.82, 2.24) is 10.6 Å². The number of rotatable bonds is 7. The molecular formula is C20H25FIN3O. The Labute approximate surface area is 171 Å². The fourth-order valence-electron chi connectivity index (χ4n) is 2.40. The van der Waals surface area contributed by atoms with Gasteiger partial charge in [-0.05, 0) is 55.2 Å². The minimum atomic E-state index is -0.245. The van der Waals surface area contributed by atoms with Crippen molar-refractivity contribution in [2.45, 2.75) is 39.0 Å². The van der Waals surface area contributed by atoms with Crippen LogP contribution in [0, 0.1) is 5.82 Å². The molecule has 0 spiro atoms. The zero-order chi connectivity index (χ0) is 17.5. The molecule has 1 saturated carbocycles. The highest BCUT2D eigenvalue weighted by Gasteiger charge is 2.21. The maximum Gasteiger partial charge on any atom is 0.191 e. The van der Waals surface area contributed by atoms with Crippen LogP contribution in [0.3, 0.4) is 0 Å². The quantitative estimate of drug-likeness (QED) is 0.362. The van der Waals surface area contributed by atoms with E-state index in [1.54, 1.807) is 6.07 Å². The van der Waals surface area contributed by atoms with Gasteiger partial charge < -0.3 is 15.4 Å². The normalized spacial score (nSPS) is 13.7. The van der Waals surface area contributed by atoms with Gasteiger partial charge in [0, 0.05) is 12.6 Å². The molecular weight excluding hydrogens is 444 g/mol. The first-order chi connectivity index (χ1) is 12.2. The van der Waals surface area contributed by atoms with E-state index in [2.05, 4.69) is 22.5 Å². The molecule has 3 rings (SSSR count). The molecule has 4 nitrogen and oxygen atoms in total. The topological polar surface area (TPSA) is 45.7 Å². The molecule has 1 aliphatic rings. The van der Waals surface area contributed by atoms with E-state index in [0.717, 1.165) is 29.4 Å². The van der Waals surface area contributed by atoms with Crippen LogP contribution in [0.4, 0.5) is 4.39 Å². The van der Waals surface area contributed by atoms with E-state index in [4.69, 9.17) is 4.74 Å². The summed E-state index contributed by atoms with van der Waals surface area (Å²) in [4.78, 5) is 4.61. The molecule has 0 aliphatic heterocycles. The van der Waals surface area contributed by atoms with Gasteiger partial charge in [-0.1, -0.05) is 24.3 Å². The van der Waals surface area contributed by atoms with Crippen molar-refractivity contribution in [2.24, 2.45) is 4.99 Å². The summed E-state index contributed by atoms with van der Waals surface area (Å²) in [6.07, 6.45) is 2.45. The monoisotopic (exact) mass is 469 g/mol. The number of nitrogens with zero attached hydrogens (tertiary/aromatic N) is 1. The van der Waals surface area contributed by atoms with E-state index in [9.17, 15) is 4.39 Å². The van der Waals surface area contributed by atoms with Gasteiger partial charge in [-0.2, -0.15) is 0 Å². The first kappa shape index (κ1) is 20.5. The highest BCUT2D eigenvalue weighted by molar-refractivity contribution is 14.0. The predicted molar refractivity (Wildman–Crippen MR) is 114 cm³/mol. The number of guanidine groups is 1. The van der Waals surface area contributed by atoms with Crippen LogP contribution in [-0.2, 0) is 13.2 Å². The van der Waals surface area contributed by atoms with Crippen LogP contribution in [0.15, 0.2) is 53.5 Å². The second-order valence-electron chi connectivity index (χ2n) is 6.18. The smallest absolute Gasteiger partial charge is 0.191 e. The standard InChI is InChI=1S/C20H24FN3O.HI/c1-2-22-20(24-18-8-9-18)23-13-15-6-10-19(11-7-15)25-14-16-4-3-5-17(21)12-16;/h3-7,10-12,18H,2,8-9,13-14H2,1H3,(H2,22,23,24);1H. The minimum Gasteiger partial charge on any atom is -0.489 e. The maximum absolute atomic E-state index is 13.2. The van der Waals surface area contributed by atoms with Crippen LogP contribution in [0.5, 0.6) is 5.75 Å². The molecule has 26 heavy (non-hydrogen) atoms. The Morgan fingerprint density at radius 1 is 1.15 bits per heavy atom. The number of halogens is 2. The maximum atomic E-state index is 13.2. The lowest BCUT2D eigenvalue weighted by molar-refractivity contribution is 0.305. The van der Waals surface area contributed by atoms with Crippen molar-refractivity contribution in [3.05, 3.63) is 65.5 Å². The van der Waals surface area contributed by atoms with E-state index < -0.39 is 0 Å². The Morgan fingerprint density at radius 3 is 2.58 bits per heavy atom. The lowest BCUT2D eigenvalue weighted by Crippen LogP contribution is -2.38. The SMILES string of the molecule is CCNC(=NCc1ccc(OCc2cccc(F)c2)cc1)NC1CC1.I. The highest BCUT2D eigenvalue weighted by atomic mass is 127. The molecule has 0 radical (unpaired) electrons. The number of ether oxygens (including phenoxy) is 1. The second-order valence-corrected chi connectivity index (χ2v) is 6.18. The summed E-state index contributed by atoms with van der Waals surface area (Å²) in [5, 5.41) is 6.66. The third kappa shape index (κ3) is 6.82. The van der Waals surface area contributed by atoms with Crippen LogP contribution >= 0.6 is 24.0 Å². The first-order valence-corrected chi connectivity index (χ1v) is 8.74. The predicted octanol–water partition coefficient (Wildman–Crippen LogP) is 4.24. The molecule has 0 heterocycles. The van der Waals surface area contributed by atoms with Crippen LogP contribution in [0.2, 0.25) is 0 Å². The van der Waals surface area contributed by atoms with E-state index >= 15 is 0 Å². The van der Waals surface area contributed by atoms with Crippen LogP contribution in [-0.4, -0.2) is 18.5 Å². The molecule has 0 amide bonds. The fraction of sp³-hybridized carbons (Fsp3) is 0.350. The molecule has 1 fully saturated rings. The minimum absolute atomic E-state index is 0. The van der Waals surface area contributed by atoms with E-state index in [0.29, 0.717) is 19.2 Å². The third-order valence-electron chi connectivity index (χ3n) is 3.90. The van der Waals surface area contributed by atoms with Crippen LogP contribution in [0.1, 0.15) is 30.9 Å². The molecule has 1 aliphatic carbocycles. The summed E-state index contributed by atoms with van der Waals surface area (Å²) in [5.41, 5.74) is 1.93. The lowest BCUT2D eigenvalue weighted by Gasteiger charge is -2.10. The van der Waals surface area contributed by atoms with Crippen molar-refractivity contribution in [2.75, 3.05) is 6.54 Å². The third-order valence-corrected chi connectivity index (χ3v) is 3.90. The molecule has 2 aromatic carbocycles. The van der Waals surface area contributed by atoms with Gasteiger partial charge in [0.05, 0.1) is 6.54 Å². The Morgan fingerprint density at radius 2 is 1.92 bits per heavy atom. The van der Waals surface area contributed by atoms with E-state index in [1.165, 1.54) is 25.0 Å². The molecule has 0 unspecified atom stereocenters. The number of nitrogens with one attached hydrogen (secondary N) is 2. The fourth-order valence-corrected chi connectivity index (χ4v) is 2.40. The molecule has 6 heteroatoms. The summed E-state index contributed by atoms with van der Waals surface area (Å²) in [5.74, 6) is 1.39. The number of aliphatic imine (C=N–C) groups is 1. The molecule has 2 aromatic rings. The molecule has 0 atom stereocenters. The summed E-state index contributed by atoms with van der Waals surface area (Å²) in [6.45, 7) is 3.89. The molecule has 2 N–H and O–H groups in total. The molecule has 0 bridgehead atoms. The summed E-state index contributed by atoms with van der Waals surface area (Å²) in [7, 11) is 0. The summed E-state index contributed by atoms with van der Waals surface area (Å²) < 4.78 is 18.9. The van der Waals surface area contributed by atoms with Gasteiger partial charge in [-0.25, -0.2) is 9.38 Å². The number of hydrogen-bond donors (Lipinski definition) is 2. The van der Waals surface area contributed by atoms with Crippen molar-refractivity contribution < 1.29 is 9.13 Å². The Hall–Kier alpha value is -1.83. The molecule has 0 saturated heterocycles. The molecule has 140 valence electrons. The van der Waals surface area contributed by atoms with Crippen LogP contribution < -0.4 is 15.4 Å². The highest BCUT2D eigenvalue weighted by Crippen LogP contribution is 2.18. The van der Waals surface area contributed by atoms with Crippen molar-refractivity contribution in [3.63, 3.8) is 0 Å². The summed E-state index contributed by atoms with van der Waals surface area (Å²) >= 11 is 0. The van der Waals surface area contributed by atoms with Crippen LogP contribution in [0.25, 0.3) is 0 Å². The Kier molecular flexibility index (Phi) is 8.15. The first-order valence-electron chi connectivity index (χ1n) is 8.74. The lowest BCUT2D eigenvalue weighted by atomic mass is 10.2. The Balaban J connectivity index is 0.00000243. The number of benzene rings is 2. The van der Waals surface area contributed by atoms with Crippen molar-refractivity contribution in [1.29, 1.82) is 0 Å².